The molecule has 0 radical (unpaired) electrons. The number of hydrogen-bond donors (Lipinski definition) is 3. The van der Waals surface area contributed by atoms with E-state index in [-0.39, 0.29) is 18.6 Å². The second-order valence-electron chi connectivity index (χ2n) is 4.33. The van der Waals surface area contributed by atoms with Gasteiger partial charge in [-0.15, -0.1) is 0 Å². The van der Waals surface area contributed by atoms with Crippen LogP contribution in [0, 0.1) is 11.8 Å². The van der Waals surface area contributed by atoms with Crippen molar-refractivity contribution in [3.05, 3.63) is 35.4 Å². The molecule has 0 fully saturated rings. The molecule has 102 valence electrons. The average Bonchev–Trinajstić information content (AvgIpc) is 2.43. The molecular weight excluding hydrogens is 240 g/mol. The van der Waals surface area contributed by atoms with E-state index in [0.29, 0.717) is 12.1 Å². The van der Waals surface area contributed by atoms with E-state index in [1.165, 1.54) is 0 Å². The highest BCUT2D eigenvalue weighted by Crippen LogP contribution is 2.04. The Labute approximate surface area is 114 Å². The van der Waals surface area contributed by atoms with Gasteiger partial charge in [-0.2, -0.15) is 0 Å². The Morgan fingerprint density at radius 1 is 1.53 bits per heavy atom. The number of benzene rings is 1. The van der Waals surface area contributed by atoms with Gasteiger partial charge in [-0.25, -0.2) is 0 Å². The smallest absolute Gasteiger partial charge is 0.251 e. The second-order valence-corrected chi connectivity index (χ2v) is 4.33. The van der Waals surface area contributed by atoms with Crippen LogP contribution in [0.2, 0.25) is 0 Å². The number of hydrogen-bond acceptors (Lipinski definition) is 3. The van der Waals surface area contributed by atoms with E-state index < -0.39 is 0 Å². The number of aliphatic hydroxyl groups excluding tert-OH is 1. The SMILES string of the molecule is CC(CO)NC(=O)c1cccc(C#CCCCN)c1. The molecule has 4 nitrogen and oxygen atoms in total. The normalized spacial score (nSPS) is 11.3. The maximum absolute atomic E-state index is 11.9. The zero-order chi connectivity index (χ0) is 14.1. The van der Waals surface area contributed by atoms with Crippen LogP contribution in [-0.4, -0.2) is 30.2 Å². The van der Waals surface area contributed by atoms with Crippen molar-refractivity contribution in [1.29, 1.82) is 0 Å². The second kappa shape index (κ2) is 8.30. The molecule has 4 N–H and O–H groups in total. The van der Waals surface area contributed by atoms with Gasteiger partial charge in [0.25, 0.3) is 5.91 Å². The molecule has 1 rings (SSSR count). The first-order valence-electron chi connectivity index (χ1n) is 6.38. The Morgan fingerprint density at radius 2 is 2.32 bits per heavy atom. The van der Waals surface area contributed by atoms with Crippen LogP contribution < -0.4 is 11.1 Å². The highest BCUT2D eigenvalue weighted by atomic mass is 16.3. The van der Waals surface area contributed by atoms with E-state index in [2.05, 4.69) is 17.2 Å². The largest absolute Gasteiger partial charge is 0.394 e. The molecule has 4 heteroatoms. The Morgan fingerprint density at radius 3 is 3.00 bits per heavy atom. The zero-order valence-electron chi connectivity index (χ0n) is 11.1. The number of carbonyl (C=O) groups is 1. The van der Waals surface area contributed by atoms with Crippen LogP contribution in [0.3, 0.4) is 0 Å². The number of rotatable bonds is 5. The fourth-order valence-electron chi connectivity index (χ4n) is 1.45. The minimum Gasteiger partial charge on any atom is -0.394 e. The standard InChI is InChI=1S/C15H20N2O2/c1-12(11-18)17-15(19)14-8-5-7-13(10-14)6-3-2-4-9-16/h5,7-8,10,12,18H,2,4,9,11,16H2,1H3,(H,17,19). The van der Waals surface area contributed by atoms with Crippen LogP contribution in [0.1, 0.15) is 35.7 Å². The minimum absolute atomic E-state index is 0.0790. The number of aliphatic hydroxyl groups is 1. The number of nitrogens with two attached hydrogens (primary N) is 1. The number of unbranched alkanes of at least 4 members (excludes halogenated alkanes) is 1. The van der Waals surface area contributed by atoms with E-state index in [4.69, 9.17) is 10.8 Å². The van der Waals surface area contributed by atoms with Gasteiger partial charge in [0, 0.05) is 23.6 Å². The Balaban J connectivity index is 2.70. The summed E-state index contributed by atoms with van der Waals surface area (Å²) in [6, 6.07) is 6.87. The van der Waals surface area contributed by atoms with E-state index in [1.54, 1.807) is 25.1 Å². The van der Waals surface area contributed by atoms with Crippen molar-refractivity contribution in [2.45, 2.75) is 25.8 Å². The highest BCUT2D eigenvalue weighted by molar-refractivity contribution is 5.94. The Hall–Kier alpha value is -1.83. The molecule has 0 aliphatic heterocycles. The third kappa shape index (κ3) is 5.56. The van der Waals surface area contributed by atoms with Gasteiger partial charge in [0.05, 0.1) is 6.61 Å². The molecule has 19 heavy (non-hydrogen) atoms. The van der Waals surface area contributed by atoms with Crippen molar-refractivity contribution >= 4 is 5.91 Å². The van der Waals surface area contributed by atoms with Gasteiger partial charge in [0.2, 0.25) is 0 Å². The summed E-state index contributed by atoms with van der Waals surface area (Å²) < 4.78 is 0. The number of amides is 1. The molecule has 0 aliphatic carbocycles. The first-order chi connectivity index (χ1) is 9.17. The van der Waals surface area contributed by atoms with Gasteiger partial charge < -0.3 is 16.2 Å². The van der Waals surface area contributed by atoms with Crippen molar-refractivity contribution in [1.82, 2.24) is 5.32 Å². The van der Waals surface area contributed by atoms with Crippen LogP contribution in [0.5, 0.6) is 0 Å². The molecule has 0 saturated heterocycles. The molecule has 1 atom stereocenters. The monoisotopic (exact) mass is 260 g/mol. The fourth-order valence-corrected chi connectivity index (χ4v) is 1.45. The summed E-state index contributed by atoms with van der Waals surface area (Å²) in [5.41, 5.74) is 6.74. The zero-order valence-corrected chi connectivity index (χ0v) is 11.1. The third-order valence-electron chi connectivity index (χ3n) is 2.51. The van der Waals surface area contributed by atoms with E-state index in [0.717, 1.165) is 18.4 Å². The predicted molar refractivity (Wildman–Crippen MR) is 75.6 cm³/mol. The molecule has 0 aromatic heterocycles. The van der Waals surface area contributed by atoms with E-state index >= 15 is 0 Å². The van der Waals surface area contributed by atoms with Crippen molar-refractivity contribution in [2.24, 2.45) is 5.73 Å². The first-order valence-corrected chi connectivity index (χ1v) is 6.38. The average molecular weight is 260 g/mol. The molecule has 1 unspecified atom stereocenters. The molecule has 0 heterocycles. The van der Waals surface area contributed by atoms with Gasteiger partial charge in [-0.1, -0.05) is 17.9 Å². The molecule has 1 aromatic rings. The number of nitrogens with one attached hydrogen (secondary N) is 1. The van der Waals surface area contributed by atoms with E-state index in [9.17, 15) is 4.79 Å². The lowest BCUT2D eigenvalue weighted by Gasteiger charge is -2.10. The molecule has 1 amide bonds. The Bertz CT molecular complexity index is 475. The minimum atomic E-state index is -0.258. The quantitative estimate of drug-likeness (QED) is 0.543. The summed E-state index contributed by atoms with van der Waals surface area (Å²) in [5.74, 6) is 5.82. The highest BCUT2D eigenvalue weighted by Gasteiger charge is 2.08. The summed E-state index contributed by atoms with van der Waals surface area (Å²) in [6.45, 7) is 2.30. The van der Waals surface area contributed by atoms with Crippen LogP contribution in [0.4, 0.5) is 0 Å². The topological polar surface area (TPSA) is 75.3 Å². The van der Waals surface area contributed by atoms with Gasteiger partial charge in [-0.3, -0.25) is 4.79 Å². The molecule has 0 aliphatic rings. The van der Waals surface area contributed by atoms with Crippen molar-refractivity contribution in [3.8, 4) is 11.8 Å². The predicted octanol–water partition coefficient (Wildman–Crippen LogP) is 0.888. The Kier molecular flexibility index (Phi) is 6.65. The van der Waals surface area contributed by atoms with Crippen molar-refractivity contribution in [2.75, 3.05) is 13.2 Å². The van der Waals surface area contributed by atoms with E-state index in [1.807, 2.05) is 6.07 Å². The summed E-state index contributed by atoms with van der Waals surface area (Å²) in [7, 11) is 0. The number of carbonyl (C=O) groups excluding carboxylic acids is 1. The molecule has 0 bridgehead atoms. The van der Waals surface area contributed by atoms with Crippen LogP contribution in [0.25, 0.3) is 0 Å². The first kappa shape index (κ1) is 15.2. The van der Waals surface area contributed by atoms with Gasteiger partial charge >= 0.3 is 0 Å². The third-order valence-corrected chi connectivity index (χ3v) is 2.51. The lowest BCUT2D eigenvalue weighted by Crippen LogP contribution is -2.34. The van der Waals surface area contributed by atoms with Crippen LogP contribution >= 0.6 is 0 Å². The lowest BCUT2D eigenvalue weighted by molar-refractivity contribution is 0.0922. The van der Waals surface area contributed by atoms with Gasteiger partial charge in [0.1, 0.15) is 0 Å². The summed E-state index contributed by atoms with van der Waals surface area (Å²) in [4.78, 5) is 11.9. The fraction of sp³-hybridized carbons (Fsp3) is 0.400. The maximum Gasteiger partial charge on any atom is 0.251 e. The summed E-state index contributed by atoms with van der Waals surface area (Å²) in [5, 5.41) is 11.6. The van der Waals surface area contributed by atoms with Gasteiger partial charge in [0.15, 0.2) is 0 Å². The summed E-state index contributed by atoms with van der Waals surface area (Å²) >= 11 is 0. The van der Waals surface area contributed by atoms with Crippen molar-refractivity contribution in [3.63, 3.8) is 0 Å². The van der Waals surface area contributed by atoms with Crippen LogP contribution in [0.15, 0.2) is 24.3 Å². The van der Waals surface area contributed by atoms with Crippen molar-refractivity contribution < 1.29 is 9.90 Å². The molecule has 1 aromatic carbocycles. The molecule has 0 saturated carbocycles. The molecular formula is C15H20N2O2. The molecule has 0 spiro atoms. The van der Waals surface area contributed by atoms with Crippen LogP contribution in [-0.2, 0) is 0 Å². The van der Waals surface area contributed by atoms with Gasteiger partial charge in [-0.05, 0) is 38.1 Å². The lowest BCUT2D eigenvalue weighted by atomic mass is 10.1. The maximum atomic E-state index is 11.9. The summed E-state index contributed by atoms with van der Waals surface area (Å²) in [6.07, 6.45) is 1.63.